The van der Waals surface area contributed by atoms with Crippen molar-refractivity contribution in [1.29, 1.82) is 0 Å². The van der Waals surface area contributed by atoms with E-state index in [1.807, 2.05) is 30.3 Å². The summed E-state index contributed by atoms with van der Waals surface area (Å²) in [6.45, 7) is 1.51. The van der Waals surface area contributed by atoms with E-state index in [0.29, 0.717) is 17.0 Å². The van der Waals surface area contributed by atoms with Crippen molar-refractivity contribution in [3.63, 3.8) is 0 Å². The summed E-state index contributed by atoms with van der Waals surface area (Å²) < 4.78 is 23.7. The summed E-state index contributed by atoms with van der Waals surface area (Å²) in [5.74, 6) is -0.874. The molecule has 0 aliphatic heterocycles. The first-order valence-corrected chi connectivity index (χ1v) is 7.28. The van der Waals surface area contributed by atoms with Crippen LogP contribution in [0.1, 0.15) is 21.7 Å². The molecule has 0 saturated carbocycles. The number of aromatic nitrogens is 1. The van der Waals surface area contributed by atoms with Gasteiger partial charge in [0.1, 0.15) is 11.5 Å². The van der Waals surface area contributed by atoms with E-state index in [-0.39, 0.29) is 17.9 Å². The summed E-state index contributed by atoms with van der Waals surface area (Å²) in [5.41, 5.74) is 8.01. The van der Waals surface area contributed by atoms with Crippen molar-refractivity contribution < 1.29 is 18.4 Å². The molecule has 1 aromatic heterocycles. The van der Waals surface area contributed by atoms with Crippen molar-refractivity contribution in [2.24, 2.45) is 0 Å². The van der Waals surface area contributed by atoms with Gasteiger partial charge >= 0.3 is 5.97 Å². The molecule has 0 radical (unpaired) electrons. The third kappa shape index (κ3) is 3.27. The number of nitrogens with two attached hydrogens (primary N) is 1. The van der Waals surface area contributed by atoms with Gasteiger partial charge in [-0.25, -0.2) is 9.18 Å². The first kappa shape index (κ1) is 15.7. The zero-order valence-corrected chi connectivity index (χ0v) is 13.0. The zero-order chi connectivity index (χ0) is 17.1. The SMILES string of the molecule is Cc1cc(F)cc(C(=O)OCc2cc(-c3ccccc3)no2)c1N. The Labute approximate surface area is 137 Å². The Balaban J connectivity index is 1.70. The van der Waals surface area contributed by atoms with Gasteiger partial charge in [-0.2, -0.15) is 0 Å². The lowest BCUT2D eigenvalue weighted by molar-refractivity contribution is 0.0438. The van der Waals surface area contributed by atoms with Gasteiger partial charge in [0.25, 0.3) is 0 Å². The minimum absolute atomic E-state index is 0.00435. The summed E-state index contributed by atoms with van der Waals surface area (Å²) in [5, 5.41) is 3.93. The number of carbonyl (C=O) groups is 1. The molecule has 1 heterocycles. The second-order valence-electron chi connectivity index (χ2n) is 5.30. The van der Waals surface area contributed by atoms with Gasteiger partial charge in [-0.15, -0.1) is 0 Å². The highest BCUT2D eigenvalue weighted by Gasteiger charge is 2.16. The average Bonchev–Trinajstić information content (AvgIpc) is 3.06. The fourth-order valence-corrected chi connectivity index (χ4v) is 2.26. The van der Waals surface area contributed by atoms with Gasteiger partial charge in [-0.3, -0.25) is 0 Å². The molecule has 2 aromatic carbocycles. The minimum atomic E-state index is -0.715. The number of aryl methyl sites for hydroxylation is 1. The summed E-state index contributed by atoms with van der Waals surface area (Å²) >= 11 is 0. The molecule has 0 aliphatic rings. The first-order valence-electron chi connectivity index (χ1n) is 7.28. The molecule has 24 heavy (non-hydrogen) atoms. The minimum Gasteiger partial charge on any atom is -0.454 e. The molecule has 122 valence electrons. The smallest absolute Gasteiger partial charge is 0.340 e. The lowest BCUT2D eigenvalue weighted by Crippen LogP contribution is -2.09. The van der Waals surface area contributed by atoms with Gasteiger partial charge in [0.15, 0.2) is 12.4 Å². The molecule has 3 aromatic rings. The van der Waals surface area contributed by atoms with Crippen LogP contribution in [-0.4, -0.2) is 11.1 Å². The number of benzene rings is 2. The monoisotopic (exact) mass is 326 g/mol. The number of halogens is 1. The van der Waals surface area contributed by atoms with Crippen molar-refractivity contribution in [2.45, 2.75) is 13.5 Å². The molecule has 0 spiro atoms. The van der Waals surface area contributed by atoms with Crippen molar-refractivity contribution in [3.05, 3.63) is 71.2 Å². The highest BCUT2D eigenvalue weighted by molar-refractivity contribution is 5.95. The lowest BCUT2D eigenvalue weighted by Gasteiger charge is -2.08. The van der Waals surface area contributed by atoms with Crippen LogP contribution in [0.2, 0.25) is 0 Å². The predicted octanol–water partition coefficient (Wildman–Crippen LogP) is 3.73. The number of ether oxygens (including phenoxy) is 1. The Bertz CT molecular complexity index is 875. The maximum atomic E-state index is 13.4. The molecular formula is C18H15FN2O3. The Hall–Kier alpha value is -3.15. The molecule has 0 fully saturated rings. The first-order chi connectivity index (χ1) is 11.5. The number of carbonyl (C=O) groups excluding carboxylic acids is 1. The van der Waals surface area contributed by atoms with Crippen LogP contribution in [0.3, 0.4) is 0 Å². The normalized spacial score (nSPS) is 10.6. The van der Waals surface area contributed by atoms with Crippen LogP contribution in [0.5, 0.6) is 0 Å². The number of rotatable bonds is 4. The molecule has 5 nitrogen and oxygen atoms in total. The Kier molecular flexibility index (Phi) is 4.29. The molecule has 0 saturated heterocycles. The average molecular weight is 326 g/mol. The molecule has 0 atom stereocenters. The largest absolute Gasteiger partial charge is 0.454 e. The summed E-state index contributed by atoms with van der Waals surface area (Å²) in [7, 11) is 0. The number of nitrogens with zero attached hydrogens (tertiary/aromatic N) is 1. The highest BCUT2D eigenvalue weighted by Crippen LogP contribution is 2.22. The van der Waals surface area contributed by atoms with Gasteiger partial charge in [0, 0.05) is 17.3 Å². The van der Waals surface area contributed by atoms with E-state index in [2.05, 4.69) is 5.16 Å². The number of esters is 1. The Morgan fingerprint density at radius 2 is 2.00 bits per heavy atom. The van der Waals surface area contributed by atoms with E-state index in [1.165, 1.54) is 6.07 Å². The third-order valence-corrected chi connectivity index (χ3v) is 3.55. The molecule has 0 unspecified atom stereocenters. The van der Waals surface area contributed by atoms with E-state index in [1.54, 1.807) is 13.0 Å². The summed E-state index contributed by atoms with van der Waals surface area (Å²) in [6, 6.07) is 13.5. The van der Waals surface area contributed by atoms with E-state index >= 15 is 0 Å². The number of nitrogen functional groups attached to an aromatic ring is 1. The molecule has 2 N–H and O–H groups in total. The third-order valence-electron chi connectivity index (χ3n) is 3.55. The molecule has 6 heteroatoms. The highest BCUT2D eigenvalue weighted by atomic mass is 19.1. The number of hydrogen-bond donors (Lipinski definition) is 1. The maximum absolute atomic E-state index is 13.4. The van der Waals surface area contributed by atoms with Crippen molar-refractivity contribution in [2.75, 3.05) is 5.73 Å². The second-order valence-corrected chi connectivity index (χ2v) is 5.30. The van der Waals surface area contributed by atoms with Crippen LogP contribution in [0, 0.1) is 12.7 Å². The van der Waals surface area contributed by atoms with Crippen LogP contribution < -0.4 is 5.73 Å². The van der Waals surface area contributed by atoms with Crippen LogP contribution in [0.4, 0.5) is 10.1 Å². The maximum Gasteiger partial charge on any atom is 0.340 e. The lowest BCUT2D eigenvalue weighted by atomic mass is 10.1. The van der Waals surface area contributed by atoms with Crippen LogP contribution in [-0.2, 0) is 11.3 Å². The topological polar surface area (TPSA) is 78.3 Å². The molecular weight excluding hydrogens is 311 g/mol. The van der Waals surface area contributed by atoms with Gasteiger partial charge < -0.3 is 15.0 Å². The van der Waals surface area contributed by atoms with Crippen molar-refractivity contribution in [3.8, 4) is 11.3 Å². The van der Waals surface area contributed by atoms with Crippen LogP contribution in [0.15, 0.2) is 53.1 Å². The van der Waals surface area contributed by atoms with Crippen LogP contribution in [0.25, 0.3) is 11.3 Å². The quantitative estimate of drug-likeness (QED) is 0.584. The number of hydrogen-bond acceptors (Lipinski definition) is 5. The van der Waals surface area contributed by atoms with E-state index in [0.717, 1.165) is 11.6 Å². The van der Waals surface area contributed by atoms with E-state index in [4.69, 9.17) is 15.0 Å². The molecule has 0 bridgehead atoms. The molecule has 0 amide bonds. The molecule has 0 aliphatic carbocycles. The standard InChI is InChI=1S/C18H15FN2O3/c1-11-7-13(19)8-15(17(11)20)18(22)23-10-14-9-16(21-24-14)12-5-3-2-4-6-12/h2-9H,10,20H2,1H3. The summed E-state index contributed by atoms with van der Waals surface area (Å²) in [6.07, 6.45) is 0. The Morgan fingerprint density at radius 3 is 2.75 bits per heavy atom. The summed E-state index contributed by atoms with van der Waals surface area (Å²) in [4.78, 5) is 12.1. The van der Waals surface area contributed by atoms with Crippen LogP contribution >= 0.6 is 0 Å². The fraction of sp³-hybridized carbons (Fsp3) is 0.111. The van der Waals surface area contributed by atoms with E-state index < -0.39 is 11.8 Å². The van der Waals surface area contributed by atoms with Gasteiger partial charge in [0.2, 0.25) is 0 Å². The zero-order valence-electron chi connectivity index (χ0n) is 13.0. The van der Waals surface area contributed by atoms with E-state index in [9.17, 15) is 9.18 Å². The van der Waals surface area contributed by atoms with Gasteiger partial charge in [0.05, 0.1) is 5.56 Å². The van der Waals surface area contributed by atoms with Crippen molar-refractivity contribution >= 4 is 11.7 Å². The Morgan fingerprint density at radius 1 is 1.25 bits per heavy atom. The van der Waals surface area contributed by atoms with Gasteiger partial charge in [-0.05, 0) is 24.6 Å². The predicted molar refractivity (Wildman–Crippen MR) is 86.6 cm³/mol. The second kappa shape index (κ2) is 6.54. The number of anilines is 1. The fourth-order valence-electron chi connectivity index (χ4n) is 2.26. The molecule has 3 rings (SSSR count). The van der Waals surface area contributed by atoms with Crippen molar-refractivity contribution in [1.82, 2.24) is 5.16 Å². The van der Waals surface area contributed by atoms with Gasteiger partial charge in [-0.1, -0.05) is 35.5 Å².